The first-order chi connectivity index (χ1) is 13.2. The largest absolute Gasteiger partial charge is 0.493 e. The summed E-state index contributed by atoms with van der Waals surface area (Å²) in [5, 5.41) is 15.5. The van der Waals surface area contributed by atoms with Crippen molar-refractivity contribution in [1.82, 2.24) is 9.97 Å². The fourth-order valence-corrected chi connectivity index (χ4v) is 2.51. The summed E-state index contributed by atoms with van der Waals surface area (Å²) in [4.78, 5) is 8.67. The number of benzene rings is 2. The lowest BCUT2D eigenvalue weighted by atomic mass is 10.2. The lowest BCUT2D eigenvalue weighted by Gasteiger charge is -2.11. The highest BCUT2D eigenvalue weighted by Gasteiger charge is 2.06. The molecule has 0 unspecified atom stereocenters. The minimum Gasteiger partial charge on any atom is -0.493 e. The highest BCUT2D eigenvalue weighted by molar-refractivity contribution is 5.64. The smallest absolute Gasteiger partial charge is 0.224 e. The fraction of sp³-hybridized carbons (Fsp3) is 0.150. The van der Waals surface area contributed by atoms with E-state index in [9.17, 15) is 5.26 Å². The molecule has 0 atom stereocenters. The number of anilines is 3. The number of methoxy groups -OCH3 is 2. The van der Waals surface area contributed by atoms with Gasteiger partial charge in [-0.2, -0.15) is 10.2 Å². The standard InChI is InChI=1S/C20H19N5O2/c1-26-17-8-7-14(11-18(17)27-2)13-23-20-22-10-9-19(25-20)24-16-6-4-3-5-15(16)12-21/h3-11H,13H2,1-2H3,(H2,22,23,24,25). The van der Waals surface area contributed by atoms with E-state index >= 15 is 0 Å². The summed E-state index contributed by atoms with van der Waals surface area (Å²) < 4.78 is 10.6. The number of ether oxygens (including phenoxy) is 2. The van der Waals surface area contributed by atoms with Gasteiger partial charge in [-0.15, -0.1) is 0 Å². The third-order valence-corrected chi connectivity index (χ3v) is 3.86. The highest BCUT2D eigenvalue weighted by Crippen LogP contribution is 2.27. The lowest BCUT2D eigenvalue weighted by Crippen LogP contribution is -2.05. The first-order valence-corrected chi connectivity index (χ1v) is 8.27. The van der Waals surface area contributed by atoms with Crippen molar-refractivity contribution in [3.8, 4) is 17.6 Å². The molecule has 3 aromatic rings. The molecule has 27 heavy (non-hydrogen) atoms. The molecule has 0 amide bonds. The number of nitriles is 1. The van der Waals surface area contributed by atoms with Crippen molar-refractivity contribution in [2.45, 2.75) is 6.54 Å². The molecule has 1 aromatic heterocycles. The monoisotopic (exact) mass is 361 g/mol. The van der Waals surface area contributed by atoms with Crippen molar-refractivity contribution in [1.29, 1.82) is 5.26 Å². The summed E-state index contributed by atoms with van der Waals surface area (Å²) in [5.41, 5.74) is 2.25. The Morgan fingerprint density at radius 1 is 1.04 bits per heavy atom. The Morgan fingerprint density at radius 2 is 1.85 bits per heavy atom. The van der Waals surface area contributed by atoms with Gasteiger partial charge in [0.2, 0.25) is 5.95 Å². The van der Waals surface area contributed by atoms with Crippen molar-refractivity contribution >= 4 is 17.5 Å². The van der Waals surface area contributed by atoms with Crippen molar-refractivity contribution in [3.05, 3.63) is 65.9 Å². The van der Waals surface area contributed by atoms with E-state index < -0.39 is 0 Å². The van der Waals surface area contributed by atoms with Crippen LogP contribution in [0.3, 0.4) is 0 Å². The number of hydrogen-bond donors (Lipinski definition) is 2. The first-order valence-electron chi connectivity index (χ1n) is 8.27. The van der Waals surface area contributed by atoms with E-state index in [1.165, 1.54) is 0 Å². The summed E-state index contributed by atoms with van der Waals surface area (Å²) in [7, 11) is 3.21. The van der Waals surface area contributed by atoms with Crippen molar-refractivity contribution in [2.24, 2.45) is 0 Å². The summed E-state index contributed by atoms with van der Waals surface area (Å²) in [6.45, 7) is 0.526. The van der Waals surface area contributed by atoms with Gasteiger partial charge in [-0.3, -0.25) is 0 Å². The molecule has 3 rings (SSSR count). The van der Waals surface area contributed by atoms with Gasteiger partial charge in [0.15, 0.2) is 11.5 Å². The maximum absolute atomic E-state index is 9.19. The predicted molar refractivity (Wildman–Crippen MR) is 103 cm³/mol. The van der Waals surface area contributed by atoms with Gasteiger partial charge in [0.1, 0.15) is 11.9 Å². The molecule has 2 aromatic carbocycles. The van der Waals surface area contributed by atoms with E-state index in [1.807, 2.05) is 36.4 Å². The van der Waals surface area contributed by atoms with E-state index in [1.54, 1.807) is 32.5 Å². The third kappa shape index (κ3) is 4.44. The van der Waals surface area contributed by atoms with Crippen LogP contribution in [0.5, 0.6) is 11.5 Å². The van der Waals surface area contributed by atoms with Crippen molar-refractivity contribution in [3.63, 3.8) is 0 Å². The molecule has 7 nitrogen and oxygen atoms in total. The van der Waals surface area contributed by atoms with Crippen LogP contribution in [0.15, 0.2) is 54.7 Å². The van der Waals surface area contributed by atoms with E-state index in [2.05, 4.69) is 26.7 Å². The van der Waals surface area contributed by atoms with Crippen molar-refractivity contribution < 1.29 is 9.47 Å². The van der Waals surface area contributed by atoms with Crippen LogP contribution in [0, 0.1) is 11.3 Å². The zero-order valence-corrected chi connectivity index (χ0v) is 15.1. The van der Waals surface area contributed by atoms with Crippen LogP contribution in [0.4, 0.5) is 17.5 Å². The Labute approximate surface area is 157 Å². The van der Waals surface area contributed by atoms with Crippen LogP contribution in [0.2, 0.25) is 0 Å². The Morgan fingerprint density at radius 3 is 2.63 bits per heavy atom. The Kier molecular flexibility index (Phi) is 5.70. The second-order valence-electron chi connectivity index (χ2n) is 5.59. The molecular weight excluding hydrogens is 342 g/mol. The molecule has 0 saturated heterocycles. The van der Waals surface area contributed by atoms with Gasteiger partial charge < -0.3 is 20.1 Å². The maximum Gasteiger partial charge on any atom is 0.224 e. The first kappa shape index (κ1) is 18.0. The molecule has 7 heteroatoms. The molecule has 0 aliphatic heterocycles. The molecule has 0 fully saturated rings. The molecule has 2 N–H and O–H groups in total. The third-order valence-electron chi connectivity index (χ3n) is 3.86. The molecule has 0 aliphatic rings. The van der Waals surface area contributed by atoms with E-state index in [0.717, 1.165) is 5.56 Å². The predicted octanol–water partition coefficient (Wildman–Crippen LogP) is 3.72. The Bertz CT molecular complexity index is 969. The van der Waals surface area contributed by atoms with Gasteiger partial charge in [0.05, 0.1) is 25.5 Å². The van der Waals surface area contributed by atoms with Crippen LogP contribution in [-0.2, 0) is 6.54 Å². The van der Waals surface area contributed by atoms with Crippen LogP contribution < -0.4 is 20.1 Å². The summed E-state index contributed by atoms with van der Waals surface area (Å²) in [6.07, 6.45) is 1.65. The number of nitrogens with zero attached hydrogens (tertiary/aromatic N) is 3. The molecular formula is C20H19N5O2. The van der Waals surface area contributed by atoms with Crippen LogP contribution >= 0.6 is 0 Å². The second kappa shape index (κ2) is 8.54. The molecule has 0 aliphatic carbocycles. The summed E-state index contributed by atoms with van der Waals surface area (Å²) in [6, 6.07) is 16.9. The Hall–Kier alpha value is -3.79. The molecule has 0 spiro atoms. The lowest BCUT2D eigenvalue weighted by molar-refractivity contribution is 0.354. The van der Waals surface area contributed by atoms with Gasteiger partial charge in [0, 0.05) is 12.7 Å². The highest BCUT2D eigenvalue weighted by atomic mass is 16.5. The number of aromatic nitrogens is 2. The Balaban J connectivity index is 1.70. The van der Waals surface area contributed by atoms with Crippen LogP contribution in [0.1, 0.15) is 11.1 Å². The number of hydrogen-bond acceptors (Lipinski definition) is 7. The average Bonchev–Trinajstić information content (AvgIpc) is 2.72. The zero-order valence-electron chi connectivity index (χ0n) is 15.1. The van der Waals surface area contributed by atoms with Gasteiger partial charge in [-0.05, 0) is 35.9 Å². The topological polar surface area (TPSA) is 92.1 Å². The van der Waals surface area contributed by atoms with Gasteiger partial charge >= 0.3 is 0 Å². The molecule has 136 valence electrons. The van der Waals surface area contributed by atoms with E-state index in [-0.39, 0.29) is 0 Å². The van der Waals surface area contributed by atoms with Crippen LogP contribution in [-0.4, -0.2) is 24.2 Å². The summed E-state index contributed by atoms with van der Waals surface area (Å²) in [5.74, 6) is 2.42. The minimum absolute atomic E-state index is 0.476. The zero-order chi connectivity index (χ0) is 19.1. The molecule has 0 saturated carbocycles. The number of rotatable bonds is 7. The van der Waals surface area contributed by atoms with E-state index in [4.69, 9.17) is 9.47 Å². The quantitative estimate of drug-likeness (QED) is 0.662. The maximum atomic E-state index is 9.19. The number of nitrogens with one attached hydrogen (secondary N) is 2. The van der Waals surface area contributed by atoms with Gasteiger partial charge in [0.25, 0.3) is 0 Å². The SMILES string of the molecule is COc1ccc(CNc2nccc(Nc3ccccc3C#N)n2)cc1OC. The molecule has 1 heterocycles. The second-order valence-corrected chi connectivity index (χ2v) is 5.59. The van der Waals surface area contributed by atoms with Gasteiger partial charge in [-0.1, -0.05) is 18.2 Å². The van der Waals surface area contributed by atoms with Crippen molar-refractivity contribution in [2.75, 3.05) is 24.9 Å². The number of para-hydroxylation sites is 1. The fourth-order valence-electron chi connectivity index (χ4n) is 2.51. The van der Waals surface area contributed by atoms with Gasteiger partial charge in [-0.25, -0.2) is 4.98 Å². The average molecular weight is 361 g/mol. The van der Waals surface area contributed by atoms with E-state index in [0.29, 0.717) is 41.1 Å². The summed E-state index contributed by atoms with van der Waals surface area (Å²) >= 11 is 0. The molecule has 0 radical (unpaired) electrons. The minimum atomic E-state index is 0.476. The van der Waals surface area contributed by atoms with Crippen LogP contribution in [0.25, 0.3) is 0 Å². The molecule has 0 bridgehead atoms. The normalized spacial score (nSPS) is 9.96.